The molecule has 1 aromatic rings. The second-order valence-electron chi connectivity index (χ2n) is 4.94. The zero-order valence-corrected chi connectivity index (χ0v) is 15.9. The maximum absolute atomic E-state index is 12.6. The second-order valence-corrected chi connectivity index (χ2v) is 7.65. The molecule has 0 aromatic heterocycles. The number of hydrogen-bond acceptors (Lipinski definition) is 4. The highest BCUT2D eigenvalue weighted by molar-refractivity contribution is 8.23. The third-order valence-electron chi connectivity index (χ3n) is 3.48. The number of thiocarbonyl (C=S) groups is 1. The smallest absolute Gasteiger partial charge is 0.247 e. The van der Waals surface area contributed by atoms with E-state index in [-0.39, 0.29) is 18.2 Å². The van der Waals surface area contributed by atoms with Gasteiger partial charge in [0.2, 0.25) is 11.8 Å². The van der Waals surface area contributed by atoms with E-state index in [9.17, 15) is 9.59 Å². The van der Waals surface area contributed by atoms with Gasteiger partial charge in [0.15, 0.2) is 0 Å². The van der Waals surface area contributed by atoms with Crippen LogP contribution in [0.3, 0.4) is 0 Å². The van der Waals surface area contributed by atoms with E-state index >= 15 is 0 Å². The van der Waals surface area contributed by atoms with Crippen molar-refractivity contribution in [1.82, 2.24) is 4.90 Å². The van der Waals surface area contributed by atoms with E-state index in [1.807, 2.05) is 18.7 Å². The Labute approximate surface area is 155 Å². The molecule has 0 bridgehead atoms. The molecule has 0 N–H and O–H groups in total. The summed E-state index contributed by atoms with van der Waals surface area (Å²) in [4.78, 5) is 28.0. The van der Waals surface area contributed by atoms with E-state index in [2.05, 4.69) is 0 Å². The summed E-state index contributed by atoms with van der Waals surface area (Å²) in [6.07, 6.45) is 0.120. The second kappa shape index (κ2) is 7.83. The van der Waals surface area contributed by atoms with Gasteiger partial charge in [0.05, 0.1) is 5.69 Å². The van der Waals surface area contributed by atoms with Crippen molar-refractivity contribution in [3.63, 3.8) is 0 Å². The van der Waals surface area contributed by atoms with Gasteiger partial charge in [0.25, 0.3) is 0 Å². The van der Waals surface area contributed by atoms with E-state index in [4.69, 9.17) is 35.4 Å². The monoisotopic (exact) mass is 390 g/mol. The number of benzene rings is 1. The van der Waals surface area contributed by atoms with Crippen molar-refractivity contribution in [3.05, 3.63) is 28.2 Å². The van der Waals surface area contributed by atoms with Gasteiger partial charge in [-0.3, -0.25) is 9.59 Å². The number of carbonyl (C=O) groups excluding carboxylic acids is 2. The average molecular weight is 391 g/mol. The van der Waals surface area contributed by atoms with Crippen LogP contribution in [-0.4, -0.2) is 39.4 Å². The molecule has 4 nitrogen and oxygen atoms in total. The van der Waals surface area contributed by atoms with Gasteiger partial charge < -0.3 is 4.90 Å². The third kappa shape index (κ3) is 4.18. The molecule has 1 aliphatic heterocycles. The van der Waals surface area contributed by atoms with Gasteiger partial charge in [-0.1, -0.05) is 47.2 Å². The van der Waals surface area contributed by atoms with Crippen LogP contribution < -0.4 is 4.90 Å². The predicted molar refractivity (Wildman–Crippen MR) is 100 cm³/mol. The van der Waals surface area contributed by atoms with Crippen LogP contribution >= 0.6 is 47.2 Å². The fourth-order valence-corrected chi connectivity index (χ4v) is 4.52. The maximum Gasteiger partial charge on any atom is 0.247 e. The molecule has 0 saturated carbocycles. The Bertz CT molecular complexity index is 630. The molecule has 8 heteroatoms. The minimum atomic E-state index is -0.506. The van der Waals surface area contributed by atoms with Crippen molar-refractivity contribution >= 4 is 69.0 Å². The highest BCUT2D eigenvalue weighted by Crippen LogP contribution is 2.33. The molecule has 1 atom stereocenters. The van der Waals surface area contributed by atoms with Gasteiger partial charge in [-0.15, -0.1) is 0 Å². The minimum Gasteiger partial charge on any atom is -0.358 e. The van der Waals surface area contributed by atoms with Gasteiger partial charge in [0, 0.05) is 29.6 Å². The first-order chi connectivity index (χ1) is 10.9. The normalized spacial score (nSPS) is 17.7. The Balaban J connectivity index is 2.18. The van der Waals surface area contributed by atoms with Gasteiger partial charge >= 0.3 is 0 Å². The number of halogens is 2. The highest BCUT2D eigenvalue weighted by Gasteiger charge is 2.41. The van der Waals surface area contributed by atoms with Crippen molar-refractivity contribution in [2.45, 2.75) is 25.5 Å². The number of rotatable bonds is 4. The summed E-state index contributed by atoms with van der Waals surface area (Å²) in [6.45, 7) is 5.53. The largest absolute Gasteiger partial charge is 0.358 e. The number of hydrogen-bond donors (Lipinski definition) is 0. The maximum atomic E-state index is 12.6. The average Bonchev–Trinajstić information content (AvgIpc) is 2.73. The van der Waals surface area contributed by atoms with Crippen molar-refractivity contribution in [1.29, 1.82) is 0 Å². The zero-order chi connectivity index (χ0) is 17.1. The Morgan fingerprint density at radius 1 is 1.26 bits per heavy atom. The Morgan fingerprint density at radius 3 is 2.35 bits per heavy atom. The van der Waals surface area contributed by atoms with E-state index in [0.29, 0.717) is 20.1 Å². The Hall–Kier alpha value is -0.820. The summed E-state index contributed by atoms with van der Waals surface area (Å²) in [7, 11) is 0. The summed E-state index contributed by atoms with van der Waals surface area (Å²) in [5, 5.41) is 0.249. The van der Waals surface area contributed by atoms with E-state index < -0.39 is 5.25 Å². The lowest BCUT2D eigenvalue weighted by molar-refractivity contribution is -0.121. The molecular formula is C15H16Cl2N2O2S2. The summed E-state index contributed by atoms with van der Waals surface area (Å²) in [5.41, 5.74) is 0.398. The van der Waals surface area contributed by atoms with E-state index in [1.165, 1.54) is 11.8 Å². The van der Waals surface area contributed by atoms with Gasteiger partial charge in [-0.25, -0.2) is 4.90 Å². The van der Waals surface area contributed by atoms with Crippen LogP contribution in [-0.2, 0) is 9.59 Å². The van der Waals surface area contributed by atoms with Crippen LogP contribution in [0.4, 0.5) is 5.69 Å². The molecule has 1 fully saturated rings. The van der Waals surface area contributed by atoms with Crippen LogP contribution in [0.5, 0.6) is 0 Å². The van der Waals surface area contributed by atoms with Crippen molar-refractivity contribution in [2.24, 2.45) is 0 Å². The van der Waals surface area contributed by atoms with Crippen LogP contribution in [0.1, 0.15) is 20.3 Å². The topological polar surface area (TPSA) is 40.6 Å². The molecular weight excluding hydrogens is 375 g/mol. The Kier molecular flexibility index (Phi) is 6.31. The molecule has 23 heavy (non-hydrogen) atoms. The Morgan fingerprint density at radius 2 is 1.83 bits per heavy atom. The zero-order valence-electron chi connectivity index (χ0n) is 12.7. The van der Waals surface area contributed by atoms with Crippen LogP contribution in [0, 0.1) is 0 Å². The summed E-state index contributed by atoms with van der Waals surface area (Å²) in [5.74, 6) is -0.555. The molecule has 1 aliphatic rings. The molecule has 1 aromatic carbocycles. The van der Waals surface area contributed by atoms with Crippen molar-refractivity contribution in [2.75, 3.05) is 18.0 Å². The van der Waals surface area contributed by atoms with E-state index in [1.54, 1.807) is 18.2 Å². The first-order valence-corrected chi connectivity index (χ1v) is 9.20. The number of thioether (sulfide) groups is 1. The quantitative estimate of drug-likeness (QED) is 0.574. The first-order valence-electron chi connectivity index (χ1n) is 7.15. The predicted octanol–water partition coefficient (Wildman–Crippen LogP) is 3.99. The molecule has 0 radical (unpaired) electrons. The summed E-state index contributed by atoms with van der Waals surface area (Å²) in [6, 6.07) is 4.66. The van der Waals surface area contributed by atoms with Crippen LogP contribution in [0.15, 0.2) is 18.2 Å². The molecule has 1 heterocycles. The van der Waals surface area contributed by atoms with Crippen LogP contribution in [0.25, 0.3) is 0 Å². The lowest BCUT2D eigenvalue weighted by Gasteiger charge is -2.22. The molecule has 124 valence electrons. The summed E-state index contributed by atoms with van der Waals surface area (Å²) >= 11 is 18.5. The number of imide groups is 1. The molecule has 0 aliphatic carbocycles. The lowest BCUT2D eigenvalue weighted by Crippen LogP contribution is -2.33. The molecule has 2 amide bonds. The number of anilines is 1. The molecule has 1 unspecified atom stereocenters. The fourth-order valence-electron chi connectivity index (χ4n) is 2.31. The SMILES string of the molecule is CCN(CC)C(=S)SC1CC(=O)N(c2cc(Cl)cc(Cl)c2)C1=O. The standard InChI is InChI=1S/C15H16Cl2N2O2S2/c1-3-18(4-2)15(22)23-12-8-13(20)19(14(12)21)11-6-9(16)5-10(17)7-11/h5-7,12H,3-4,8H2,1-2H3. The van der Waals surface area contributed by atoms with Gasteiger partial charge in [-0.2, -0.15) is 0 Å². The lowest BCUT2D eigenvalue weighted by atomic mass is 10.3. The highest BCUT2D eigenvalue weighted by atomic mass is 35.5. The number of amides is 2. The molecule has 1 saturated heterocycles. The van der Waals surface area contributed by atoms with Gasteiger partial charge in [-0.05, 0) is 32.0 Å². The van der Waals surface area contributed by atoms with E-state index in [0.717, 1.165) is 18.0 Å². The number of nitrogens with zero attached hydrogens (tertiary/aromatic N) is 2. The van der Waals surface area contributed by atoms with Gasteiger partial charge in [0.1, 0.15) is 9.57 Å². The van der Waals surface area contributed by atoms with Crippen molar-refractivity contribution < 1.29 is 9.59 Å². The molecule has 2 rings (SSSR count). The first kappa shape index (κ1) is 18.5. The summed E-state index contributed by atoms with van der Waals surface area (Å²) < 4.78 is 0.632. The van der Waals surface area contributed by atoms with Crippen LogP contribution in [0.2, 0.25) is 10.0 Å². The number of carbonyl (C=O) groups is 2. The fraction of sp³-hybridized carbons (Fsp3) is 0.400. The molecule has 0 spiro atoms. The van der Waals surface area contributed by atoms with Crippen molar-refractivity contribution in [3.8, 4) is 0 Å². The third-order valence-corrected chi connectivity index (χ3v) is 5.57. The minimum absolute atomic E-state index is 0.120.